The smallest absolute Gasteiger partial charge is 0.374 e. The molecule has 5 saturated heterocycles. The SMILES string of the molecule is CN(C)C1(c2ccccc2)CC2(CN(CC(=O)N3CCS(=O)(=O)CC3)C(=O)N2)C1.CN(C)C1(c2ccccc2)CC2(CN(CC(=O)N3CCS(=O)(=O)CC3)C(=O)N2CC2CCC2)C1.[C-]#[N+]c1ncc(N2CC3(CC(c4ccccc4)(N(C)C)C3)NC2=O)c(OC)n1. The van der Waals surface area contributed by atoms with Gasteiger partial charge in [0.05, 0.1) is 69.9 Å². The first-order valence-corrected chi connectivity index (χ1v) is 35.0. The van der Waals surface area contributed by atoms with Crippen LogP contribution in [0.4, 0.5) is 26.0 Å². The highest BCUT2D eigenvalue weighted by molar-refractivity contribution is 7.91. The highest BCUT2D eigenvalue weighted by Gasteiger charge is 2.66. The number of carbonyl (C=O) groups is 5. The summed E-state index contributed by atoms with van der Waals surface area (Å²) in [4.78, 5) is 92.6. The Kier molecular flexibility index (Phi) is 17.8. The molecule has 3 spiro atoms. The molecule has 488 valence electrons. The van der Waals surface area contributed by atoms with Gasteiger partial charge in [-0.25, -0.2) is 31.2 Å². The number of aromatic nitrogens is 2. The number of nitrogens with zero attached hydrogens (tertiary/aromatic N) is 12. The Morgan fingerprint density at radius 1 is 0.615 bits per heavy atom. The van der Waals surface area contributed by atoms with E-state index in [0.717, 1.165) is 45.1 Å². The van der Waals surface area contributed by atoms with Crippen molar-refractivity contribution >= 4 is 61.2 Å². The fourth-order valence-electron chi connectivity index (χ4n) is 15.7. The standard InChI is InChI=1S/C25H36N4O4S.C20H22N6O2.C20H28N4O4S/c1-26(2)25(21-9-4-3-5-10-21)17-24(18-25)19-28(23(31)29(24)15-20-7-6-8-20)16-22(30)27-11-13-34(32,33)14-12-27;1-21-17-22-10-15(16(23-17)28-4)26-13-19(24-18(26)27)11-20(12-19,25(2)3)14-8-6-5-7-9-14;1-22(2)20(16-6-4-3-5-7-16)13-19(14-20)15-24(18(26)21-19)12-17(25)23-8-10-29(27,28)11-9-23/h3-5,9-10,20H,6-8,11-19H2,1-2H3;5-10H,11-13H2,2-4H3,(H,24,27);3-7H,8-15H2,1-2H3,(H,21,26). The molecule has 6 heterocycles. The predicted octanol–water partition coefficient (Wildman–Crippen LogP) is 4.58. The molecule has 4 aliphatic carbocycles. The molecule has 26 heteroatoms. The number of carbonyl (C=O) groups excluding carboxylic acids is 5. The molecule has 0 radical (unpaired) electrons. The number of rotatable bonds is 14. The van der Waals surface area contributed by atoms with E-state index in [4.69, 9.17) is 11.3 Å². The van der Waals surface area contributed by atoms with Crippen LogP contribution in [0, 0.1) is 12.5 Å². The van der Waals surface area contributed by atoms with E-state index in [0.29, 0.717) is 31.2 Å². The van der Waals surface area contributed by atoms with Crippen LogP contribution in [0.2, 0.25) is 0 Å². The molecule has 24 nitrogen and oxygen atoms in total. The summed E-state index contributed by atoms with van der Waals surface area (Å²) in [6.45, 7) is 10.2. The number of sulfone groups is 2. The van der Waals surface area contributed by atoms with Crippen molar-refractivity contribution in [1.82, 2.24) is 59.8 Å². The predicted molar refractivity (Wildman–Crippen MR) is 344 cm³/mol. The molecule has 8 amide bonds. The number of anilines is 1. The molecule has 0 bridgehead atoms. The molecule has 13 rings (SSSR count). The largest absolute Gasteiger partial charge is 0.468 e. The number of benzene rings is 3. The fourth-order valence-corrected chi connectivity index (χ4v) is 18.1. The molecule has 5 aliphatic heterocycles. The van der Waals surface area contributed by atoms with Crippen LogP contribution in [0.25, 0.3) is 4.85 Å². The van der Waals surface area contributed by atoms with E-state index < -0.39 is 19.7 Å². The van der Waals surface area contributed by atoms with Gasteiger partial charge >= 0.3 is 29.9 Å². The van der Waals surface area contributed by atoms with Gasteiger partial charge in [-0.15, -0.1) is 11.6 Å². The Morgan fingerprint density at radius 2 is 1.04 bits per heavy atom. The van der Waals surface area contributed by atoms with Crippen LogP contribution in [0.1, 0.15) is 74.5 Å². The van der Waals surface area contributed by atoms with Crippen LogP contribution < -0.4 is 20.3 Å². The maximum Gasteiger partial charge on any atom is 0.374 e. The summed E-state index contributed by atoms with van der Waals surface area (Å²) in [6.07, 6.45) is 9.93. The molecular formula is C65H86N14O10S2. The molecule has 9 fully saturated rings. The van der Waals surface area contributed by atoms with Crippen molar-refractivity contribution in [2.75, 3.05) is 143 Å². The first-order valence-electron chi connectivity index (χ1n) is 31.4. The zero-order chi connectivity index (χ0) is 64.9. The summed E-state index contributed by atoms with van der Waals surface area (Å²) in [6, 6.07) is 30.8. The molecule has 1 aromatic heterocycles. The van der Waals surface area contributed by atoms with Gasteiger partial charge in [-0.1, -0.05) is 97.4 Å². The van der Waals surface area contributed by atoms with Crippen molar-refractivity contribution in [1.29, 1.82) is 0 Å². The number of nitrogens with one attached hydrogen (secondary N) is 2. The Labute approximate surface area is 534 Å². The van der Waals surface area contributed by atoms with Crippen LogP contribution in [-0.4, -0.2) is 250 Å². The van der Waals surface area contributed by atoms with Crippen molar-refractivity contribution in [3.05, 3.63) is 125 Å². The van der Waals surface area contributed by atoms with Gasteiger partial charge in [0, 0.05) is 45.8 Å². The zero-order valence-corrected chi connectivity index (χ0v) is 55.0. The quantitative estimate of drug-likeness (QED) is 0.164. The Balaban J connectivity index is 0.000000141. The van der Waals surface area contributed by atoms with E-state index in [9.17, 15) is 40.8 Å². The van der Waals surface area contributed by atoms with Gasteiger partial charge in [0.15, 0.2) is 25.4 Å². The minimum absolute atomic E-state index is 0.00267. The van der Waals surface area contributed by atoms with E-state index in [1.165, 1.54) is 49.3 Å². The molecule has 4 saturated carbocycles. The number of urea groups is 3. The minimum atomic E-state index is -3.05. The lowest BCUT2D eigenvalue weighted by molar-refractivity contribution is -0.132. The average Bonchev–Trinajstić information content (AvgIpc) is 1.70. The number of hydrogen-bond acceptors (Lipinski definition) is 15. The summed E-state index contributed by atoms with van der Waals surface area (Å²) in [5.74, 6) is 0.450. The maximum atomic E-state index is 13.6. The van der Waals surface area contributed by atoms with Crippen LogP contribution in [0.5, 0.6) is 5.88 Å². The number of hydrogen-bond donors (Lipinski definition) is 2. The van der Waals surface area contributed by atoms with Crippen LogP contribution >= 0.6 is 0 Å². The van der Waals surface area contributed by atoms with Crippen LogP contribution in [-0.2, 0) is 45.9 Å². The van der Waals surface area contributed by atoms with E-state index in [-0.39, 0.29) is 137 Å². The van der Waals surface area contributed by atoms with Crippen molar-refractivity contribution in [3.8, 4) is 5.88 Å². The third kappa shape index (κ3) is 12.6. The normalized spacial score (nSPS) is 29.6. The van der Waals surface area contributed by atoms with Crippen LogP contribution in [0.15, 0.2) is 97.2 Å². The molecule has 4 aromatic rings. The van der Waals surface area contributed by atoms with E-state index in [1.54, 1.807) is 24.5 Å². The van der Waals surface area contributed by atoms with E-state index in [2.05, 4.69) is 136 Å². The zero-order valence-electron chi connectivity index (χ0n) is 53.3. The van der Waals surface area contributed by atoms with Gasteiger partial charge < -0.3 is 44.7 Å². The molecular weight excluding hydrogens is 1200 g/mol. The first kappa shape index (κ1) is 65.1. The Hall–Kier alpha value is -7.44. The lowest BCUT2D eigenvalue weighted by Gasteiger charge is -2.61. The molecule has 91 heavy (non-hydrogen) atoms. The van der Waals surface area contributed by atoms with Crippen molar-refractivity contribution < 1.29 is 45.5 Å². The number of ether oxygens (including phenoxy) is 1. The summed E-state index contributed by atoms with van der Waals surface area (Å²) in [7, 11) is 7.87. The van der Waals surface area contributed by atoms with Gasteiger partial charge in [0.2, 0.25) is 11.8 Å². The van der Waals surface area contributed by atoms with E-state index >= 15 is 0 Å². The highest BCUT2D eigenvalue weighted by Crippen LogP contribution is 2.58. The molecule has 2 N–H and O–H groups in total. The van der Waals surface area contributed by atoms with Crippen LogP contribution in [0.3, 0.4) is 0 Å². The van der Waals surface area contributed by atoms with Crippen molar-refractivity contribution in [3.63, 3.8) is 0 Å². The number of amides is 8. The summed E-state index contributed by atoms with van der Waals surface area (Å²) >= 11 is 0. The van der Waals surface area contributed by atoms with Gasteiger partial charge in [-0.2, -0.15) is 4.98 Å². The Morgan fingerprint density at radius 3 is 1.46 bits per heavy atom. The average molecular weight is 1290 g/mol. The lowest BCUT2D eigenvalue weighted by atomic mass is 9.58. The van der Waals surface area contributed by atoms with Gasteiger partial charge in [-0.3, -0.25) is 29.2 Å². The molecule has 0 atom stereocenters. The first-order chi connectivity index (χ1) is 43.2. The highest BCUT2D eigenvalue weighted by atomic mass is 32.2. The summed E-state index contributed by atoms with van der Waals surface area (Å²) in [5.41, 5.74) is 2.95. The van der Waals surface area contributed by atoms with E-state index in [1.807, 2.05) is 42.5 Å². The minimum Gasteiger partial charge on any atom is -0.468 e. The number of methoxy groups -OCH3 is 1. The van der Waals surface area contributed by atoms with Gasteiger partial charge in [0.25, 0.3) is 0 Å². The van der Waals surface area contributed by atoms with Gasteiger partial charge in [-0.05, 0) is 116 Å². The third-order valence-electron chi connectivity index (χ3n) is 21.1. The van der Waals surface area contributed by atoms with Gasteiger partial charge in [0.1, 0.15) is 19.3 Å². The maximum absolute atomic E-state index is 13.6. The Bertz CT molecular complexity index is 3640. The summed E-state index contributed by atoms with van der Waals surface area (Å²) in [5, 5.41) is 6.27. The second kappa shape index (κ2) is 24.9. The molecule has 3 aromatic carbocycles. The lowest BCUT2D eigenvalue weighted by Crippen LogP contribution is -2.68. The monoisotopic (exact) mass is 1290 g/mol. The fraction of sp³-hybridized carbons (Fsp3) is 0.569. The molecule has 9 aliphatic rings. The van der Waals surface area contributed by atoms with Crippen molar-refractivity contribution in [2.24, 2.45) is 5.92 Å². The molecule has 0 unspecified atom stereocenters. The topological polar surface area (TPSA) is 246 Å². The second-order valence-corrected chi connectivity index (χ2v) is 31.9. The van der Waals surface area contributed by atoms with Crippen molar-refractivity contribution in [2.45, 2.75) is 91.0 Å². The summed E-state index contributed by atoms with van der Waals surface area (Å²) < 4.78 is 51.9. The third-order valence-corrected chi connectivity index (χ3v) is 24.3. The second-order valence-electron chi connectivity index (χ2n) is 27.3.